The van der Waals surface area contributed by atoms with E-state index in [1.165, 1.54) is 6.42 Å². The zero-order chi connectivity index (χ0) is 12.0. The second-order valence-corrected chi connectivity index (χ2v) is 4.95. The van der Waals surface area contributed by atoms with E-state index in [0.29, 0.717) is 11.5 Å². The van der Waals surface area contributed by atoms with Gasteiger partial charge < -0.3 is 5.11 Å². The number of rotatable bonds is 6. The Morgan fingerprint density at radius 2 is 2.25 bits per heavy atom. The summed E-state index contributed by atoms with van der Waals surface area (Å²) in [5.74, 6) is -0.348. The fraction of sp³-hybridized carbons (Fsp3) is 0.462. The van der Waals surface area contributed by atoms with E-state index >= 15 is 0 Å². The second kappa shape index (κ2) is 6.89. The number of alkyl halides is 1. The maximum absolute atomic E-state index is 10.9. The van der Waals surface area contributed by atoms with Crippen LogP contribution in [0.2, 0.25) is 0 Å². The molecule has 0 radical (unpaired) electrons. The third kappa shape index (κ3) is 3.77. The van der Waals surface area contributed by atoms with Gasteiger partial charge in [0.15, 0.2) is 0 Å². The number of hydrogen-bond donors (Lipinski definition) is 1. The lowest BCUT2D eigenvalue weighted by Crippen LogP contribution is -2.02. The van der Waals surface area contributed by atoms with Crippen LogP contribution in [0.4, 0.5) is 0 Å². The summed E-state index contributed by atoms with van der Waals surface area (Å²) in [6.07, 6.45) is 3.40. The van der Waals surface area contributed by atoms with Gasteiger partial charge in [0.25, 0.3) is 0 Å². The number of benzene rings is 1. The van der Waals surface area contributed by atoms with Gasteiger partial charge in [0.1, 0.15) is 0 Å². The smallest absolute Gasteiger partial charge is 0.335 e. The minimum atomic E-state index is -0.842. The molecule has 1 N–H and O–H groups in total. The molecule has 1 aromatic rings. The number of hydrogen-bond acceptors (Lipinski definition) is 1. The topological polar surface area (TPSA) is 37.3 Å². The van der Waals surface area contributed by atoms with Crippen molar-refractivity contribution in [3.05, 3.63) is 35.4 Å². The lowest BCUT2D eigenvalue weighted by atomic mass is 9.91. The van der Waals surface area contributed by atoms with E-state index in [9.17, 15) is 4.79 Å². The third-order valence-electron chi connectivity index (χ3n) is 2.78. The molecule has 3 heteroatoms. The highest BCUT2D eigenvalue weighted by molar-refractivity contribution is 14.1. The van der Waals surface area contributed by atoms with E-state index in [1.807, 2.05) is 18.2 Å². The van der Waals surface area contributed by atoms with Gasteiger partial charge in [-0.3, -0.25) is 0 Å². The zero-order valence-electron chi connectivity index (χ0n) is 9.45. The zero-order valence-corrected chi connectivity index (χ0v) is 11.6. The Morgan fingerprint density at radius 1 is 1.50 bits per heavy atom. The van der Waals surface area contributed by atoms with Crippen molar-refractivity contribution < 1.29 is 9.90 Å². The molecule has 1 aromatic carbocycles. The molecule has 0 amide bonds. The molecule has 88 valence electrons. The highest BCUT2D eigenvalue weighted by Crippen LogP contribution is 2.25. The number of carboxylic acids is 1. The summed E-state index contributed by atoms with van der Waals surface area (Å²) in [4.78, 5) is 10.9. The predicted molar refractivity (Wildman–Crippen MR) is 74.6 cm³/mol. The Kier molecular flexibility index (Phi) is 5.80. The van der Waals surface area contributed by atoms with Crippen LogP contribution in [0.3, 0.4) is 0 Å². The van der Waals surface area contributed by atoms with Crippen LogP contribution in [0.25, 0.3) is 0 Å². The lowest BCUT2D eigenvalue weighted by molar-refractivity contribution is 0.0696. The summed E-state index contributed by atoms with van der Waals surface area (Å²) in [6, 6.07) is 7.33. The molecule has 0 saturated heterocycles. The van der Waals surface area contributed by atoms with Gasteiger partial charge in [-0.15, -0.1) is 0 Å². The molecule has 0 aliphatic carbocycles. The molecule has 0 aromatic heterocycles. The van der Waals surface area contributed by atoms with Crippen molar-refractivity contribution in [1.82, 2.24) is 0 Å². The van der Waals surface area contributed by atoms with Crippen molar-refractivity contribution in [1.29, 1.82) is 0 Å². The first-order chi connectivity index (χ1) is 7.69. The second-order valence-electron chi connectivity index (χ2n) is 3.87. The van der Waals surface area contributed by atoms with Crippen molar-refractivity contribution >= 4 is 28.6 Å². The summed E-state index contributed by atoms with van der Waals surface area (Å²) in [6.45, 7) is 2.16. The van der Waals surface area contributed by atoms with E-state index in [-0.39, 0.29) is 0 Å². The van der Waals surface area contributed by atoms with Gasteiger partial charge in [-0.1, -0.05) is 41.6 Å². The highest BCUT2D eigenvalue weighted by atomic mass is 127. The monoisotopic (exact) mass is 332 g/mol. The highest BCUT2D eigenvalue weighted by Gasteiger charge is 2.11. The molecule has 0 aliphatic rings. The van der Waals surface area contributed by atoms with Crippen LogP contribution >= 0.6 is 22.6 Å². The van der Waals surface area contributed by atoms with Gasteiger partial charge in [0.2, 0.25) is 0 Å². The predicted octanol–water partition coefficient (Wildman–Crippen LogP) is 4.09. The Hall–Kier alpha value is -0.580. The molecule has 0 bridgehead atoms. The first-order valence-corrected chi connectivity index (χ1v) is 7.10. The van der Waals surface area contributed by atoms with Gasteiger partial charge >= 0.3 is 5.97 Å². The van der Waals surface area contributed by atoms with E-state index in [1.54, 1.807) is 6.07 Å². The lowest BCUT2D eigenvalue weighted by Gasteiger charge is -2.15. The van der Waals surface area contributed by atoms with E-state index in [2.05, 4.69) is 29.5 Å². The fourth-order valence-electron chi connectivity index (χ4n) is 1.86. The van der Waals surface area contributed by atoms with Crippen molar-refractivity contribution in [3.8, 4) is 0 Å². The Bertz CT molecular complexity index is 350. The number of carbonyl (C=O) groups is 1. The van der Waals surface area contributed by atoms with Crippen LogP contribution in [0.5, 0.6) is 0 Å². The molecule has 16 heavy (non-hydrogen) atoms. The summed E-state index contributed by atoms with van der Waals surface area (Å²) in [5.41, 5.74) is 1.55. The molecular formula is C13H17IO2. The van der Waals surface area contributed by atoms with E-state index in [4.69, 9.17) is 5.11 Å². The first-order valence-electron chi connectivity index (χ1n) is 5.58. The normalized spacial score (nSPS) is 12.4. The Morgan fingerprint density at radius 3 is 2.81 bits per heavy atom. The number of carboxylic acid groups (broad SMARTS) is 1. The molecule has 1 atom stereocenters. The molecule has 0 aliphatic heterocycles. The van der Waals surface area contributed by atoms with Crippen LogP contribution in [-0.4, -0.2) is 15.5 Å². The summed E-state index contributed by atoms with van der Waals surface area (Å²) in [7, 11) is 0. The van der Waals surface area contributed by atoms with Crippen LogP contribution in [0.1, 0.15) is 48.0 Å². The Balaban J connectivity index is 2.83. The maximum atomic E-state index is 10.9. The molecule has 1 rings (SSSR count). The van der Waals surface area contributed by atoms with Crippen molar-refractivity contribution in [2.75, 3.05) is 4.43 Å². The standard InChI is InChI=1S/C13H17IO2/c1-2-10(7-4-8-14)11-5-3-6-12(9-11)13(15)16/h3,5-6,9-10H,2,4,7-8H2,1H3,(H,15,16). The molecule has 0 heterocycles. The van der Waals surface area contributed by atoms with Gasteiger partial charge in [0, 0.05) is 0 Å². The van der Waals surface area contributed by atoms with Crippen LogP contribution in [0, 0.1) is 0 Å². The van der Waals surface area contributed by atoms with Crippen LogP contribution in [-0.2, 0) is 0 Å². The summed E-state index contributed by atoms with van der Waals surface area (Å²) in [5, 5.41) is 8.94. The van der Waals surface area contributed by atoms with Crippen molar-refractivity contribution in [3.63, 3.8) is 0 Å². The van der Waals surface area contributed by atoms with Gasteiger partial charge in [-0.05, 0) is 47.3 Å². The molecular weight excluding hydrogens is 315 g/mol. The van der Waals surface area contributed by atoms with E-state index in [0.717, 1.165) is 22.8 Å². The maximum Gasteiger partial charge on any atom is 0.335 e. The summed E-state index contributed by atoms with van der Waals surface area (Å²) < 4.78 is 1.16. The van der Waals surface area contributed by atoms with Crippen LogP contribution < -0.4 is 0 Å². The molecule has 1 unspecified atom stereocenters. The molecule has 2 nitrogen and oxygen atoms in total. The summed E-state index contributed by atoms with van der Waals surface area (Å²) >= 11 is 2.38. The fourth-order valence-corrected chi connectivity index (χ4v) is 2.30. The minimum Gasteiger partial charge on any atom is -0.478 e. The quantitative estimate of drug-likeness (QED) is 0.629. The van der Waals surface area contributed by atoms with Crippen molar-refractivity contribution in [2.24, 2.45) is 0 Å². The molecule has 0 fully saturated rings. The number of aromatic carboxylic acids is 1. The number of halogens is 1. The Labute approximate surface area is 110 Å². The molecule has 0 saturated carbocycles. The third-order valence-corrected chi connectivity index (χ3v) is 3.55. The van der Waals surface area contributed by atoms with E-state index < -0.39 is 5.97 Å². The van der Waals surface area contributed by atoms with Gasteiger partial charge in [-0.2, -0.15) is 0 Å². The van der Waals surface area contributed by atoms with Gasteiger partial charge in [0.05, 0.1) is 5.56 Å². The first kappa shape index (κ1) is 13.5. The van der Waals surface area contributed by atoms with Crippen LogP contribution in [0.15, 0.2) is 24.3 Å². The largest absolute Gasteiger partial charge is 0.478 e. The molecule has 0 spiro atoms. The minimum absolute atomic E-state index is 0.394. The van der Waals surface area contributed by atoms with Gasteiger partial charge in [-0.25, -0.2) is 4.79 Å². The SMILES string of the molecule is CCC(CCCI)c1cccc(C(=O)O)c1. The average molecular weight is 332 g/mol. The average Bonchev–Trinajstić information content (AvgIpc) is 2.30. The van der Waals surface area contributed by atoms with Crippen molar-refractivity contribution in [2.45, 2.75) is 32.1 Å².